The monoisotopic (exact) mass is 183 g/mol. The molecule has 2 fully saturated rings. The summed E-state index contributed by atoms with van der Waals surface area (Å²) < 4.78 is 0. The number of hydrogen-bond acceptors (Lipinski definition) is 2. The summed E-state index contributed by atoms with van der Waals surface area (Å²) in [7, 11) is 2.18. The van der Waals surface area contributed by atoms with Crippen LogP contribution in [-0.4, -0.2) is 36.8 Å². The third kappa shape index (κ3) is 1.23. The zero-order chi connectivity index (χ0) is 9.69. The molecule has 13 heavy (non-hydrogen) atoms. The standard InChI is InChI=1S/C11H21NO/c1-10(2)7-11(10,8-13)9-4-5-12(3)6-9/h9,13H,4-8H2,1-3H3. The van der Waals surface area contributed by atoms with Crippen molar-refractivity contribution in [3.63, 3.8) is 0 Å². The van der Waals surface area contributed by atoms with E-state index < -0.39 is 0 Å². The van der Waals surface area contributed by atoms with E-state index in [-0.39, 0.29) is 5.41 Å². The predicted octanol–water partition coefficient (Wildman–Crippen LogP) is 1.35. The van der Waals surface area contributed by atoms with Crippen LogP contribution >= 0.6 is 0 Å². The highest BCUT2D eigenvalue weighted by Gasteiger charge is 2.64. The molecule has 1 aliphatic carbocycles. The van der Waals surface area contributed by atoms with Gasteiger partial charge >= 0.3 is 0 Å². The molecule has 1 aliphatic heterocycles. The van der Waals surface area contributed by atoms with Crippen molar-refractivity contribution in [3.8, 4) is 0 Å². The van der Waals surface area contributed by atoms with Crippen molar-refractivity contribution in [1.29, 1.82) is 0 Å². The number of aliphatic hydroxyl groups is 1. The molecule has 2 atom stereocenters. The molecule has 76 valence electrons. The van der Waals surface area contributed by atoms with E-state index >= 15 is 0 Å². The molecule has 0 aromatic carbocycles. The van der Waals surface area contributed by atoms with Crippen molar-refractivity contribution < 1.29 is 5.11 Å². The molecule has 0 amide bonds. The maximum absolute atomic E-state index is 9.52. The van der Waals surface area contributed by atoms with E-state index in [9.17, 15) is 5.11 Å². The van der Waals surface area contributed by atoms with Crippen molar-refractivity contribution in [1.82, 2.24) is 4.90 Å². The molecule has 2 nitrogen and oxygen atoms in total. The van der Waals surface area contributed by atoms with Gasteiger partial charge in [0.15, 0.2) is 0 Å². The summed E-state index contributed by atoms with van der Waals surface area (Å²) in [5.74, 6) is 0.734. The highest BCUT2D eigenvalue weighted by molar-refractivity contribution is 5.13. The Hall–Kier alpha value is -0.0800. The summed E-state index contributed by atoms with van der Waals surface area (Å²) in [5, 5.41) is 9.52. The van der Waals surface area contributed by atoms with Gasteiger partial charge in [-0.05, 0) is 37.8 Å². The molecule has 2 heteroatoms. The van der Waals surface area contributed by atoms with Gasteiger partial charge in [-0.3, -0.25) is 0 Å². The molecule has 2 aliphatic rings. The van der Waals surface area contributed by atoms with Crippen LogP contribution in [0.5, 0.6) is 0 Å². The van der Waals surface area contributed by atoms with Gasteiger partial charge in [-0.1, -0.05) is 13.8 Å². The Balaban J connectivity index is 2.08. The first-order valence-corrected chi connectivity index (χ1v) is 5.31. The van der Waals surface area contributed by atoms with Crippen LogP contribution in [0.25, 0.3) is 0 Å². The molecule has 2 rings (SSSR count). The lowest BCUT2D eigenvalue weighted by molar-refractivity contribution is 0.124. The fraction of sp³-hybridized carbons (Fsp3) is 1.00. The van der Waals surface area contributed by atoms with Gasteiger partial charge in [0, 0.05) is 18.6 Å². The fourth-order valence-corrected chi connectivity index (χ4v) is 3.23. The maximum atomic E-state index is 9.52. The number of rotatable bonds is 2. The molecule has 0 radical (unpaired) electrons. The Bertz CT molecular complexity index is 214. The number of likely N-dealkylation sites (tertiary alicyclic amines) is 1. The van der Waals surface area contributed by atoms with Crippen LogP contribution in [-0.2, 0) is 0 Å². The largest absolute Gasteiger partial charge is 0.396 e. The predicted molar refractivity (Wildman–Crippen MR) is 53.5 cm³/mol. The van der Waals surface area contributed by atoms with Crippen LogP contribution in [0, 0.1) is 16.7 Å². The second-order valence-electron chi connectivity index (χ2n) is 5.62. The molecule has 2 unspecified atom stereocenters. The van der Waals surface area contributed by atoms with Crippen molar-refractivity contribution in [2.24, 2.45) is 16.7 Å². The van der Waals surface area contributed by atoms with Gasteiger partial charge in [0.05, 0.1) is 0 Å². The summed E-state index contributed by atoms with van der Waals surface area (Å²) in [6.07, 6.45) is 2.50. The van der Waals surface area contributed by atoms with E-state index in [4.69, 9.17) is 0 Å². The topological polar surface area (TPSA) is 23.5 Å². The van der Waals surface area contributed by atoms with E-state index in [1.54, 1.807) is 0 Å². The lowest BCUT2D eigenvalue weighted by atomic mass is 9.82. The summed E-state index contributed by atoms with van der Waals surface area (Å²) in [6, 6.07) is 0. The number of aliphatic hydroxyl groups excluding tert-OH is 1. The molecule has 0 aromatic rings. The van der Waals surface area contributed by atoms with Crippen LogP contribution in [0.2, 0.25) is 0 Å². The average Bonchev–Trinajstić information content (AvgIpc) is 2.43. The Morgan fingerprint density at radius 2 is 2.08 bits per heavy atom. The normalized spacial score (nSPS) is 43.8. The third-order valence-electron chi connectivity index (χ3n) is 4.44. The average molecular weight is 183 g/mol. The lowest BCUT2D eigenvalue weighted by Gasteiger charge is -2.25. The van der Waals surface area contributed by atoms with Crippen LogP contribution in [0.4, 0.5) is 0 Å². The molecule has 0 spiro atoms. The van der Waals surface area contributed by atoms with Crippen LogP contribution in [0.15, 0.2) is 0 Å². The van der Waals surface area contributed by atoms with Gasteiger partial charge in [-0.25, -0.2) is 0 Å². The minimum atomic E-state index is 0.262. The van der Waals surface area contributed by atoms with Gasteiger partial charge in [-0.2, -0.15) is 0 Å². The second kappa shape index (κ2) is 2.71. The summed E-state index contributed by atoms with van der Waals surface area (Å²) in [5.41, 5.74) is 0.648. The van der Waals surface area contributed by atoms with E-state index in [1.165, 1.54) is 25.9 Å². The summed E-state index contributed by atoms with van der Waals surface area (Å²) in [6.45, 7) is 7.37. The van der Waals surface area contributed by atoms with Crippen molar-refractivity contribution in [3.05, 3.63) is 0 Å². The number of hydrogen-bond donors (Lipinski definition) is 1. The van der Waals surface area contributed by atoms with Gasteiger partial charge in [0.2, 0.25) is 0 Å². The molecular weight excluding hydrogens is 162 g/mol. The zero-order valence-corrected chi connectivity index (χ0v) is 9.01. The lowest BCUT2D eigenvalue weighted by Crippen LogP contribution is -2.27. The highest BCUT2D eigenvalue weighted by Crippen LogP contribution is 2.68. The Labute approximate surface area is 80.9 Å². The molecule has 1 saturated carbocycles. The van der Waals surface area contributed by atoms with Gasteiger partial charge in [-0.15, -0.1) is 0 Å². The first-order valence-electron chi connectivity index (χ1n) is 5.31. The van der Waals surface area contributed by atoms with E-state index in [0.29, 0.717) is 12.0 Å². The zero-order valence-electron chi connectivity index (χ0n) is 9.01. The van der Waals surface area contributed by atoms with Crippen molar-refractivity contribution in [2.75, 3.05) is 26.7 Å². The highest BCUT2D eigenvalue weighted by atomic mass is 16.3. The van der Waals surface area contributed by atoms with Gasteiger partial charge in [0.25, 0.3) is 0 Å². The van der Waals surface area contributed by atoms with E-state index in [2.05, 4.69) is 25.8 Å². The fourth-order valence-electron chi connectivity index (χ4n) is 3.23. The van der Waals surface area contributed by atoms with Crippen LogP contribution in [0.1, 0.15) is 26.7 Å². The molecular formula is C11H21NO. The molecule has 1 N–H and O–H groups in total. The number of nitrogens with zero attached hydrogens (tertiary/aromatic N) is 1. The maximum Gasteiger partial charge on any atom is 0.0495 e. The Morgan fingerprint density at radius 3 is 2.38 bits per heavy atom. The third-order valence-corrected chi connectivity index (χ3v) is 4.44. The smallest absolute Gasteiger partial charge is 0.0495 e. The molecule has 0 bridgehead atoms. The quantitative estimate of drug-likeness (QED) is 0.698. The van der Waals surface area contributed by atoms with Gasteiger partial charge < -0.3 is 10.0 Å². The van der Waals surface area contributed by atoms with E-state index in [1.807, 2.05) is 0 Å². The minimum Gasteiger partial charge on any atom is -0.396 e. The van der Waals surface area contributed by atoms with Crippen LogP contribution in [0.3, 0.4) is 0 Å². The first kappa shape index (κ1) is 9.47. The SMILES string of the molecule is CN1CCC(C2(CO)CC2(C)C)C1. The van der Waals surface area contributed by atoms with Crippen LogP contribution < -0.4 is 0 Å². The first-order chi connectivity index (χ1) is 6.02. The summed E-state index contributed by atoms with van der Waals surface area (Å²) in [4.78, 5) is 2.39. The molecule has 0 aromatic heterocycles. The Kier molecular flexibility index (Phi) is 1.97. The second-order valence-corrected chi connectivity index (χ2v) is 5.62. The molecule has 1 saturated heterocycles. The van der Waals surface area contributed by atoms with Gasteiger partial charge in [0.1, 0.15) is 0 Å². The van der Waals surface area contributed by atoms with Crippen molar-refractivity contribution in [2.45, 2.75) is 26.7 Å². The van der Waals surface area contributed by atoms with Crippen molar-refractivity contribution >= 4 is 0 Å². The van der Waals surface area contributed by atoms with E-state index in [0.717, 1.165) is 5.92 Å². The molecule has 1 heterocycles. The minimum absolute atomic E-state index is 0.262. The summed E-state index contributed by atoms with van der Waals surface area (Å²) >= 11 is 0. The Morgan fingerprint density at radius 1 is 1.46 bits per heavy atom.